The third-order valence-electron chi connectivity index (χ3n) is 1.85. The van der Waals surface area contributed by atoms with Gasteiger partial charge in [-0.15, -0.1) is 0 Å². The third kappa shape index (κ3) is 3.49. The summed E-state index contributed by atoms with van der Waals surface area (Å²) in [7, 11) is 0. The van der Waals surface area contributed by atoms with Crippen LogP contribution in [0.2, 0.25) is 0 Å². The molecule has 1 heterocycles. The molecule has 1 unspecified atom stereocenters. The van der Waals surface area contributed by atoms with Crippen LogP contribution in [0.1, 0.15) is 25.1 Å². The highest BCUT2D eigenvalue weighted by atomic mass is 16.1. The predicted octanol–water partition coefficient (Wildman–Crippen LogP) is 0.00260. The quantitative estimate of drug-likeness (QED) is 0.691. The van der Waals surface area contributed by atoms with Crippen LogP contribution in [0.4, 0.5) is 0 Å². The van der Waals surface area contributed by atoms with Crippen molar-refractivity contribution in [3.05, 3.63) is 24.3 Å². The summed E-state index contributed by atoms with van der Waals surface area (Å²) in [6.07, 6.45) is 5.30. The fourth-order valence-corrected chi connectivity index (χ4v) is 1.05. The highest BCUT2D eigenvalue weighted by Crippen LogP contribution is 2.05. The van der Waals surface area contributed by atoms with Gasteiger partial charge in [0.05, 0.1) is 5.69 Å². The van der Waals surface area contributed by atoms with Crippen LogP contribution in [0, 0.1) is 0 Å². The normalized spacial score (nSPS) is 12.4. The van der Waals surface area contributed by atoms with Crippen LogP contribution in [-0.2, 0) is 4.79 Å². The maximum absolute atomic E-state index is 10.5. The standard InChI is InChI=1S/C9H14N4O/c1-7(12-3-2-9(10)14)8-6-11-4-5-13-8/h4-7,12H,2-3H2,1H3,(H2,10,14). The summed E-state index contributed by atoms with van der Waals surface area (Å²) in [5.41, 5.74) is 5.87. The molecule has 0 aliphatic heterocycles. The average Bonchev–Trinajstić information content (AvgIpc) is 2.18. The minimum Gasteiger partial charge on any atom is -0.370 e. The minimum atomic E-state index is -0.302. The number of nitrogens with two attached hydrogens (primary N) is 1. The Hall–Kier alpha value is -1.49. The fourth-order valence-electron chi connectivity index (χ4n) is 1.05. The molecule has 1 atom stereocenters. The minimum absolute atomic E-state index is 0.0862. The Morgan fingerprint density at radius 2 is 2.43 bits per heavy atom. The van der Waals surface area contributed by atoms with Crippen molar-refractivity contribution in [2.45, 2.75) is 19.4 Å². The Morgan fingerprint density at radius 1 is 1.64 bits per heavy atom. The van der Waals surface area contributed by atoms with Gasteiger partial charge in [-0.05, 0) is 6.92 Å². The molecule has 1 aromatic heterocycles. The summed E-state index contributed by atoms with van der Waals surface area (Å²) >= 11 is 0. The monoisotopic (exact) mass is 194 g/mol. The van der Waals surface area contributed by atoms with Crippen molar-refractivity contribution in [1.82, 2.24) is 15.3 Å². The van der Waals surface area contributed by atoms with E-state index in [1.54, 1.807) is 18.6 Å². The number of carbonyl (C=O) groups excluding carboxylic acids is 1. The highest BCUT2D eigenvalue weighted by Gasteiger charge is 2.05. The molecular formula is C9H14N4O. The van der Waals surface area contributed by atoms with Gasteiger partial charge in [0.2, 0.25) is 5.91 Å². The molecule has 14 heavy (non-hydrogen) atoms. The van der Waals surface area contributed by atoms with Gasteiger partial charge in [0.15, 0.2) is 0 Å². The van der Waals surface area contributed by atoms with E-state index in [4.69, 9.17) is 5.73 Å². The topological polar surface area (TPSA) is 80.9 Å². The number of amides is 1. The SMILES string of the molecule is CC(NCCC(N)=O)c1cnccn1. The zero-order valence-corrected chi connectivity index (χ0v) is 8.10. The Morgan fingerprint density at radius 3 is 3.00 bits per heavy atom. The van der Waals surface area contributed by atoms with Crippen molar-refractivity contribution in [1.29, 1.82) is 0 Å². The lowest BCUT2D eigenvalue weighted by Gasteiger charge is -2.11. The molecule has 0 aliphatic carbocycles. The second-order valence-corrected chi connectivity index (χ2v) is 3.02. The van der Waals surface area contributed by atoms with Gasteiger partial charge in [-0.1, -0.05) is 0 Å². The van der Waals surface area contributed by atoms with E-state index in [1.165, 1.54) is 0 Å². The van der Waals surface area contributed by atoms with Crippen molar-refractivity contribution < 1.29 is 4.79 Å². The molecule has 0 aliphatic rings. The summed E-state index contributed by atoms with van der Waals surface area (Å²) in [4.78, 5) is 18.6. The predicted molar refractivity (Wildman–Crippen MR) is 52.3 cm³/mol. The maximum Gasteiger partial charge on any atom is 0.218 e. The zero-order valence-electron chi connectivity index (χ0n) is 8.10. The van der Waals surface area contributed by atoms with E-state index in [-0.39, 0.29) is 11.9 Å². The lowest BCUT2D eigenvalue weighted by molar-refractivity contribution is -0.117. The van der Waals surface area contributed by atoms with E-state index >= 15 is 0 Å². The smallest absolute Gasteiger partial charge is 0.218 e. The molecule has 0 bridgehead atoms. The maximum atomic E-state index is 10.5. The highest BCUT2D eigenvalue weighted by molar-refractivity contribution is 5.73. The number of aromatic nitrogens is 2. The first-order valence-electron chi connectivity index (χ1n) is 4.47. The number of nitrogens with zero attached hydrogens (tertiary/aromatic N) is 2. The molecular weight excluding hydrogens is 180 g/mol. The van der Waals surface area contributed by atoms with E-state index in [1.807, 2.05) is 6.92 Å². The van der Waals surface area contributed by atoms with Crippen LogP contribution < -0.4 is 11.1 Å². The summed E-state index contributed by atoms with van der Waals surface area (Å²) < 4.78 is 0. The Kier molecular flexibility index (Phi) is 4.00. The summed E-state index contributed by atoms with van der Waals surface area (Å²) in [5.74, 6) is -0.302. The number of rotatable bonds is 5. The molecule has 0 aromatic carbocycles. The zero-order chi connectivity index (χ0) is 10.4. The van der Waals surface area contributed by atoms with Crippen LogP contribution in [0.25, 0.3) is 0 Å². The van der Waals surface area contributed by atoms with E-state index in [2.05, 4.69) is 15.3 Å². The van der Waals surface area contributed by atoms with E-state index in [9.17, 15) is 4.79 Å². The molecule has 1 rings (SSSR count). The van der Waals surface area contributed by atoms with E-state index < -0.39 is 0 Å². The molecule has 76 valence electrons. The summed E-state index contributed by atoms with van der Waals surface area (Å²) in [6, 6.07) is 0.0862. The van der Waals surface area contributed by atoms with Gasteiger partial charge in [0.25, 0.3) is 0 Å². The number of hydrogen-bond donors (Lipinski definition) is 2. The molecule has 0 spiro atoms. The number of nitrogens with one attached hydrogen (secondary N) is 1. The summed E-state index contributed by atoms with van der Waals surface area (Å²) in [6.45, 7) is 2.53. The fraction of sp³-hybridized carbons (Fsp3) is 0.444. The largest absolute Gasteiger partial charge is 0.370 e. The lowest BCUT2D eigenvalue weighted by atomic mass is 10.2. The number of carbonyl (C=O) groups is 1. The van der Waals surface area contributed by atoms with Crippen LogP contribution in [-0.4, -0.2) is 22.4 Å². The van der Waals surface area contributed by atoms with Crippen molar-refractivity contribution in [3.63, 3.8) is 0 Å². The average molecular weight is 194 g/mol. The first kappa shape index (κ1) is 10.6. The Bertz CT molecular complexity index is 288. The molecule has 0 saturated heterocycles. The molecule has 1 amide bonds. The number of hydrogen-bond acceptors (Lipinski definition) is 4. The van der Waals surface area contributed by atoms with Crippen molar-refractivity contribution in [2.75, 3.05) is 6.54 Å². The second kappa shape index (κ2) is 5.29. The Balaban J connectivity index is 2.36. The van der Waals surface area contributed by atoms with Gasteiger partial charge in [-0.25, -0.2) is 0 Å². The second-order valence-electron chi connectivity index (χ2n) is 3.02. The molecule has 1 aromatic rings. The van der Waals surface area contributed by atoms with Gasteiger partial charge >= 0.3 is 0 Å². The van der Waals surface area contributed by atoms with E-state index in [0.29, 0.717) is 13.0 Å². The molecule has 3 N–H and O–H groups in total. The van der Waals surface area contributed by atoms with Crippen LogP contribution in [0.5, 0.6) is 0 Å². The van der Waals surface area contributed by atoms with Gasteiger partial charge in [0, 0.05) is 37.6 Å². The van der Waals surface area contributed by atoms with Crippen LogP contribution in [0.15, 0.2) is 18.6 Å². The van der Waals surface area contributed by atoms with Crippen LogP contribution in [0.3, 0.4) is 0 Å². The first-order chi connectivity index (χ1) is 6.70. The van der Waals surface area contributed by atoms with Crippen LogP contribution >= 0.6 is 0 Å². The molecule has 5 heteroatoms. The third-order valence-corrected chi connectivity index (χ3v) is 1.85. The van der Waals surface area contributed by atoms with E-state index in [0.717, 1.165) is 5.69 Å². The first-order valence-corrected chi connectivity index (χ1v) is 4.47. The van der Waals surface area contributed by atoms with Gasteiger partial charge in [0.1, 0.15) is 0 Å². The van der Waals surface area contributed by atoms with Gasteiger partial charge in [-0.3, -0.25) is 14.8 Å². The molecule has 0 fully saturated rings. The number of primary amides is 1. The lowest BCUT2D eigenvalue weighted by Crippen LogP contribution is -2.25. The molecule has 0 saturated carbocycles. The van der Waals surface area contributed by atoms with Crippen molar-refractivity contribution >= 4 is 5.91 Å². The van der Waals surface area contributed by atoms with Gasteiger partial charge in [-0.2, -0.15) is 0 Å². The van der Waals surface area contributed by atoms with Crippen molar-refractivity contribution in [2.24, 2.45) is 5.73 Å². The van der Waals surface area contributed by atoms with Gasteiger partial charge < -0.3 is 11.1 Å². The Labute approximate surface area is 82.7 Å². The van der Waals surface area contributed by atoms with Crippen molar-refractivity contribution in [3.8, 4) is 0 Å². The summed E-state index contributed by atoms with van der Waals surface area (Å²) in [5, 5.41) is 3.13. The molecule has 0 radical (unpaired) electrons. The molecule has 5 nitrogen and oxygen atoms in total.